The van der Waals surface area contributed by atoms with Crippen molar-refractivity contribution in [2.75, 3.05) is 0 Å². The lowest BCUT2D eigenvalue weighted by atomic mass is 10.0. The lowest BCUT2D eigenvalue weighted by Crippen LogP contribution is -2.13. The number of aromatic nitrogens is 1. The van der Waals surface area contributed by atoms with Crippen LogP contribution in [0.1, 0.15) is 12.6 Å². The molecule has 1 atom stereocenters. The van der Waals surface area contributed by atoms with Crippen molar-refractivity contribution >= 4 is 16.9 Å². The van der Waals surface area contributed by atoms with E-state index in [9.17, 15) is 13.6 Å². The molecule has 1 aromatic heterocycles. The van der Waals surface area contributed by atoms with Gasteiger partial charge in [-0.15, -0.1) is 0 Å². The second-order valence-electron chi connectivity index (χ2n) is 4.21. The fraction of sp³-hybridized carbons (Fsp3) is 0.231. The third-order valence-electron chi connectivity index (χ3n) is 2.71. The van der Waals surface area contributed by atoms with Crippen molar-refractivity contribution in [1.82, 2.24) is 4.98 Å². The van der Waals surface area contributed by atoms with Crippen molar-refractivity contribution in [3.63, 3.8) is 0 Å². The topological polar surface area (TPSA) is 50.2 Å². The van der Waals surface area contributed by atoms with Gasteiger partial charge < -0.3 is 5.11 Å². The molecule has 0 bridgehead atoms. The maximum Gasteiger partial charge on any atom is 0.306 e. The van der Waals surface area contributed by atoms with Gasteiger partial charge in [0.2, 0.25) is 0 Å². The van der Waals surface area contributed by atoms with E-state index < -0.39 is 23.5 Å². The highest BCUT2D eigenvalue weighted by Gasteiger charge is 2.13. The minimum atomic E-state index is -0.934. The van der Waals surface area contributed by atoms with Gasteiger partial charge in [-0.25, -0.2) is 13.8 Å². The summed E-state index contributed by atoms with van der Waals surface area (Å²) in [6, 6.07) is 5.08. The number of rotatable bonds is 3. The van der Waals surface area contributed by atoms with Crippen LogP contribution in [0.5, 0.6) is 0 Å². The molecule has 2 aromatic rings. The van der Waals surface area contributed by atoms with Crippen LogP contribution >= 0.6 is 0 Å². The molecule has 1 heterocycles. The molecule has 0 saturated heterocycles. The minimum absolute atomic E-state index is 0.0616. The molecule has 0 spiro atoms. The van der Waals surface area contributed by atoms with Crippen LogP contribution in [0, 0.1) is 17.6 Å². The van der Waals surface area contributed by atoms with Gasteiger partial charge in [0.05, 0.1) is 5.92 Å². The molecule has 1 aromatic carbocycles. The number of carboxylic acids is 1. The second kappa shape index (κ2) is 4.68. The Labute approximate surface area is 102 Å². The Hall–Kier alpha value is -2.04. The van der Waals surface area contributed by atoms with E-state index in [0.717, 1.165) is 6.07 Å². The molecule has 1 unspecified atom stereocenters. The standard InChI is InChI=1S/C13H11F2NO2/c1-7(13(17)18)4-10-3-2-8-5-9(14)6-11(15)12(8)16-10/h2-3,5-7H,4H2,1H3,(H,17,18). The number of carbonyl (C=O) groups is 1. The van der Waals surface area contributed by atoms with Crippen molar-refractivity contribution < 1.29 is 18.7 Å². The summed E-state index contributed by atoms with van der Waals surface area (Å²) >= 11 is 0. The zero-order valence-corrected chi connectivity index (χ0v) is 9.65. The van der Waals surface area contributed by atoms with Crippen LogP contribution in [0.15, 0.2) is 24.3 Å². The van der Waals surface area contributed by atoms with Gasteiger partial charge in [0.25, 0.3) is 0 Å². The Morgan fingerprint density at radius 3 is 2.78 bits per heavy atom. The summed E-state index contributed by atoms with van der Waals surface area (Å²) in [5.41, 5.74) is 0.536. The lowest BCUT2D eigenvalue weighted by molar-refractivity contribution is -0.141. The molecule has 0 fully saturated rings. The number of hydrogen-bond donors (Lipinski definition) is 1. The smallest absolute Gasteiger partial charge is 0.306 e. The second-order valence-corrected chi connectivity index (χ2v) is 4.21. The van der Waals surface area contributed by atoms with Crippen LogP contribution in [0.4, 0.5) is 8.78 Å². The highest BCUT2D eigenvalue weighted by Crippen LogP contribution is 2.19. The molecule has 0 aliphatic rings. The summed E-state index contributed by atoms with van der Waals surface area (Å²) < 4.78 is 26.5. The van der Waals surface area contributed by atoms with Crippen LogP contribution in [-0.2, 0) is 11.2 Å². The molecular weight excluding hydrogens is 240 g/mol. The number of pyridine rings is 1. The van der Waals surface area contributed by atoms with E-state index in [2.05, 4.69) is 4.98 Å². The van der Waals surface area contributed by atoms with E-state index in [1.54, 1.807) is 19.1 Å². The maximum atomic E-state index is 13.5. The summed E-state index contributed by atoms with van der Waals surface area (Å²) in [4.78, 5) is 14.8. The number of hydrogen-bond acceptors (Lipinski definition) is 2. The number of halogens is 2. The van der Waals surface area contributed by atoms with E-state index in [4.69, 9.17) is 5.11 Å². The Kier molecular flexibility index (Phi) is 3.23. The third kappa shape index (κ3) is 2.45. The number of fused-ring (bicyclic) bond motifs is 1. The predicted octanol–water partition coefficient (Wildman–Crippen LogP) is 2.78. The van der Waals surface area contributed by atoms with Crippen LogP contribution in [0.25, 0.3) is 10.9 Å². The van der Waals surface area contributed by atoms with Crippen molar-refractivity contribution in [2.24, 2.45) is 5.92 Å². The predicted molar refractivity (Wildman–Crippen MR) is 62.2 cm³/mol. The number of carboxylic acid groups (broad SMARTS) is 1. The summed E-state index contributed by atoms with van der Waals surface area (Å²) in [6.07, 6.45) is 0.210. The van der Waals surface area contributed by atoms with E-state index in [-0.39, 0.29) is 11.9 Å². The van der Waals surface area contributed by atoms with Crippen molar-refractivity contribution in [3.8, 4) is 0 Å². The maximum absolute atomic E-state index is 13.5. The van der Waals surface area contributed by atoms with Crippen molar-refractivity contribution in [3.05, 3.63) is 41.6 Å². The van der Waals surface area contributed by atoms with Gasteiger partial charge in [0.1, 0.15) is 11.3 Å². The number of aliphatic carboxylic acids is 1. The first-order chi connectivity index (χ1) is 8.47. The van der Waals surface area contributed by atoms with Crippen LogP contribution in [0.2, 0.25) is 0 Å². The Bertz CT molecular complexity index is 613. The van der Waals surface area contributed by atoms with Crippen LogP contribution in [-0.4, -0.2) is 16.1 Å². The monoisotopic (exact) mass is 251 g/mol. The zero-order valence-electron chi connectivity index (χ0n) is 9.65. The van der Waals surface area contributed by atoms with E-state index in [1.807, 2.05) is 0 Å². The SMILES string of the molecule is CC(Cc1ccc2cc(F)cc(F)c2n1)C(=O)O. The molecule has 0 aliphatic carbocycles. The highest BCUT2D eigenvalue weighted by molar-refractivity contribution is 5.79. The molecule has 0 amide bonds. The quantitative estimate of drug-likeness (QED) is 0.912. The molecular formula is C13H11F2NO2. The summed E-state index contributed by atoms with van der Waals surface area (Å²) in [5, 5.41) is 9.16. The third-order valence-corrected chi connectivity index (χ3v) is 2.71. The van der Waals surface area contributed by atoms with Gasteiger partial charge in [0.15, 0.2) is 5.82 Å². The largest absolute Gasteiger partial charge is 0.481 e. The zero-order chi connectivity index (χ0) is 13.3. The molecule has 5 heteroatoms. The van der Waals surface area contributed by atoms with Gasteiger partial charge in [-0.3, -0.25) is 4.79 Å². The molecule has 0 radical (unpaired) electrons. The first-order valence-corrected chi connectivity index (χ1v) is 5.45. The molecule has 2 rings (SSSR count). The molecule has 0 saturated carbocycles. The van der Waals surface area contributed by atoms with Crippen molar-refractivity contribution in [2.45, 2.75) is 13.3 Å². The van der Waals surface area contributed by atoms with Gasteiger partial charge in [-0.2, -0.15) is 0 Å². The molecule has 94 valence electrons. The first kappa shape index (κ1) is 12.4. The number of nitrogens with zero attached hydrogens (tertiary/aromatic N) is 1. The summed E-state index contributed by atoms with van der Waals surface area (Å²) in [5.74, 6) is -2.93. The van der Waals surface area contributed by atoms with E-state index in [1.165, 1.54) is 6.07 Å². The molecule has 3 nitrogen and oxygen atoms in total. The molecule has 1 N–H and O–H groups in total. The number of benzene rings is 1. The highest BCUT2D eigenvalue weighted by atomic mass is 19.1. The normalized spacial score (nSPS) is 12.6. The average molecular weight is 251 g/mol. The Morgan fingerprint density at radius 2 is 2.11 bits per heavy atom. The molecule has 18 heavy (non-hydrogen) atoms. The van der Waals surface area contributed by atoms with Crippen LogP contribution in [0.3, 0.4) is 0 Å². The first-order valence-electron chi connectivity index (χ1n) is 5.45. The van der Waals surface area contributed by atoms with Gasteiger partial charge in [0, 0.05) is 23.6 Å². The minimum Gasteiger partial charge on any atom is -0.481 e. The van der Waals surface area contributed by atoms with Gasteiger partial charge >= 0.3 is 5.97 Å². The van der Waals surface area contributed by atoms with Gasteiger partial charge in [-0.05, 0) is 12.1 Å². The van der Waals surface area contributed by atoms with Crippen molar-refractivity contribution in [1.29, 1.82) is 0 Å². The molecule has 0 aliphatic heterocycles. The Morgan fingerprint density at radius 1 is 1.39 bits per heavy atom. The van der Waals surface area contributed by atoms with Crippen LogP contribution < -0.4 is 0 Å². The van der Waals surface area contributed by atoms with E-state index in [0.29, 0.717) is 11.1 Å². The Balaban J connectivity index is 2.41. The summed E-state index contributed by atoms with van der Waals surface area (Å²) in [7, 11) is 0. The fourth-order valence-electron chi connectivity index (χ4n) is 1.71. The summed E-state index contributed by atoms with van der Waals surface area (Å²) in [6.45, 7) is 1.55. The van der Waals surface area contributed by atoms with E-state index >= 15 is 0 Å². The average Bonchev–Trinajstić information content (AvgIpc) is 2.29. The van der Waals surface area contributed by atoms with Gasteiger partial charge in [-0.1, -0.05) is 13.0 Å². The lowest BCUT2D eigenvalue weighted by Gasteiger charge is -2.07. The fourth-order valence-corrected chi connectivity index (χ4v) is 1.71.